The van der Waals surface area contributed by atoms with Crippen molar-refractivity contribution >= 4 is 0 Å². The van der Waals surface area contributed by atoms with Crippen LogP contribution in [0, 0.1) is 5.92 Å². The van der Waals surface area contributed by atoms with Crippen LogP contribution in [0.25, 0.3) is 0 Å². The van der Waals surface area contributed by atoms with Gasteiger partial charge in [-0.25, -0.2) is 0 Å². The molecule has 0 saturated carbocycles. The first-order valence-corrected chi connectivity index (χ1v) is 4.80. The van der Waals surface area contributed by atoms with E-state index in [1.165, 1.54) is 6.42 Å². The third-order valence-electron chi connectivity index (χ3n) is 2.87. The van der Waals surface area contributed by atoms with Crippen molar-refractivity contribution in [3.05, 3.63) is 0 Å². The van der Waals surface area contributed by atoms with Crippen molar-refractivity contribution in [2.24, 2.45) is 5.92 Å². The van der Waals surface area contributed by atoms with Crippen LogP contribution in [0.1, 0.15) is 19.8 Å². The van der Waals surface area contributed by atoms with Crippen molar-refractivity contribution in [3.63, 3.8) is 0 Å². The van der Waals surface area contributed by atoms with Crippen LogP contribution >= 0.6 is 0 Å². The minimum atomic E-state index is -0.304. The predicted molar refractivity (Wildman–Crippen MR) is 45.9 cm³/mol. The highest BCUT2D eigenvalue weighted by atomic mass is 16.7. The van der Waals surface area contributed by atoms with E-state index in [-0.39, 0.29) is 5.79 Å². The highest BCUT2D eigenvalue weighted by molar-refractivity contribution is 4.83. The van der Waals surface area contributed by atoms with E-state index in [4.69, 9.17) is 9.47 Å². The van der Waals surface area contributed by atoms with Crippen molar-refractivity contribution in [1.82, 2.24) is 5.32 Å². The fraction of sp³-hybridized carbons (Fsp3) is 1.00. The molecule has 0 spiro atoms. The van der Waals surface area contributed by atoms with Crippen LogP contribution in [-0.4, -0.2) is 32.1 Å². The molecule has 2 fully saturated rings. The molecule has 2 saturated heterocycles. The van der Waals surface area contributed by atoms with Gasteiger partial charge in [-0.15, -0.1) is 0 Å². The Labute approximate surface area is 73.4 Å². The molecule has 2 aliphatic heterocycles. The molecule has 3 heteroatoms. The molecule has 3 nitrogen and oxygen atoms in total. The lowest BCUT2D eigenvalue weighted by Crippen LogP contribution is -2.45. The zero-order chi connectivity index (χ0) is 8.44. The maximum absolute atomic E-state index is 5.69. The average molecular weight is 171 g/mol. The molecule has 1 N–H and O–H groups in total. The maximum Gasteiger partial charge on any atom is 0.169 e. The summed E-state index contributed by atoms with van der Waals surface area (Å²) in [4.78, 5) is 0. The van der Waals surface area contributed by atoms with Crippen LogP contribution in [0.5, 0.6) is 0 Å². The first-order chi connectivity index (χ1) is 5.81. The first kappa shape index (κ1) is 8.48. The van der Waals surface area contributed by atoms with E-state index in [1.807, 2.05) is 0 Å². The normalized spacial score (nSPS) is 35.2. The van der Waals surface area contributed by atoms with Gasteiger partial charge in [0.1, 0.15) is 0 Å². The summed E-state index contributed by atoms with van der Waals surface area (Å²) in [5, 5.41) is 3.33. The summed E-state index contributed by atoms with van der Waals surface area (Å²) >= 11 is 0. The van der Waals surface area contributed by atoms with Gasteiger partial charge in [-0.3, -0.25) is 0 Å². The topological polar surface area (TPSA) is 30.5 Å². The standard InChI is InChI=1S/C9H17NO2/c1-9(8-3-4-10-7-8)11-5-2-6-12-9/h8,10H,2-7H2,1H3. The Kier molecular flexibility index (Phi) is 2.35. The quantitative estimate of drug-likeness (QED) is 0.631. The first-order valence-electron chi connectivity index (χ1n) is 4.80. The lowest BCUT2D eigenvalue weighted by molar-refractivity contribution is -0.280. The average Bonchev–Trinajstić information content (AvgIpc) is 2.58. The molecule has 0 aromatic carbocycles. The molecule has 0 bridgehead atoms. The van der Waals surface area contributed by atoms with E-state index < -0.39 is 0 Å². The zero-order valence-corrected chi connectivity index (χ0v) is 7.64. The lowest BCUT2D eigenvalue weighted by Gasteiger charge is -2.38. The minimum absolute atomic E-state index is 0.304. The van der Waals surface area contributed by atoms with Crippen molar-refractivity contribution in [3.8, 4) is 0 Å². The number of rotatable bonds is 1. The molecule has 2 heterocycles. The second kappa shape index (κ2) is 3.32. The summed E-state index contributed by atoms with van der Waals surface area (Å²) in [7, 11) is 0. The van der Waals surface area contributed by atoms with Gasteiger partial charge >= 0.3 is 0 Å². The summed E-state index contributed by atoms with van der Waals surface area (Å²) in [6.45, 7) is 5.92. The third-order valence-corrected chi connectivity index (χ3v) is 2.87. The smallest absolute Gasteiger partial charge is 0.169 e. The van der Waals surface area contributed by atoms with Crippen molar-refractivity contribution in [2.45, 2.75) is 25.6 Å². The summed E-state index contributed by atoms with van der Waals surface area (Å²) < 4.78 is 11.4. The Morgan fingerprint density at radius 2 is 2.08 bits per heavy atom. The van der Waals surface area contributed by atoms with Gasteiger partial charge in [-0.2, -0.15) is 0 Å². The number of nitrogens with one attached hydrogen (secondary N) is 1. The summed E-state index contributed by atoms with van der Waals surface area (Å²) in [6, 6.07) is 0. The molecule has 2 aliphatic rings. The molecule has 2 rings (SSSR count). The summed E-state index contributed by atoms with van der Waals surface area (Å²) in [5.41, 5.74) is 0. The second-order valence-corrected chi connectivity index (χ2v) is 3.76. The Morgan fingerprint density at radius 1 is 1.33 bits per heavy atom. The molecular weight excluding hydrogens is 154 g/mol. The predicted octanol–water partition coefficient (Wildman–Crippen LogP) is 0.749. The van der Waals surface area contributed by atoms with Crippen LogP contribution < -0.4 is 5.32 Å². The largest absolute Gasteiger partial charge is 0.350 e. The van der Waals surface area contributed by atoms with Gasteiger partial charge in [-0.1, -0.05) is 0 Å². The number of hydrogen-bond acceptors (Lipinski definition) is 3. The van der Waals surface area contributed by atoms with E-state index in [0.29, 0.717) is 5.92 Å². The van der Waals surface area contributed by atoms with Gasteiger partial charge < -0.3 is 14.8 Å². The van der Waals surface area contributed by atoms with Crippen LogP contribution in [0.15, 0.2) is 0 Å². The van der Waals surface area contributed by atoms with Crippen LogP contribution in [-0.2, 0) is 9.47 Å². The molecule has 1 atom stereocenters. The van der Waals surface area contributed by atoms with Gasteiger partial charge in [-0.05, 0) is 26.3 Å². The lowest BCUT2D eigenvalue weighted by atomic mass is 9.98. The number of hydrogen-bond donors (Lipinski definition) is 1. The highest BCUT2D eigenvalue weighted by Crippen LogP contribution is 2.30. The maximum atomic E-state index is 5.69. The van der Waals surface area contributed by atoms with E-state index in [9.17, 15) is 0 Å². The molecule has 0 aromatic rings. The van der Waals surface area contributed by atoms with E-state index in [0.717, 1.165) is 32.7 Å². The molecule has 12 heavy (non-hydrogen) atoms. The van der Waals surface area contributed by atoms with Crippen LogP contribution in [0.3, 0.4) is 0 Å². The van der Waals surface area contributed by atoms with E-state index in [2.05, 4.69) is 12.2 Å². The summed E-state index contributed by atoms with van der Waals surface area (Å²) in [5.74, 6) is 0.236. The molecule has 0 aliphatic carbocycles. The third kappa shape index (κ3) is 1.49. The van der Waals surface area contributed by atoms with E-state index >= 15 is 0 Å². The zero-order valence-electron chi connectivity index (χ0n) is 7.64. The Hall–Kier alpha value is -0.120. The van der Waals surface area contributed by atoms with Crippen molar-refractivity contribution in [1.29, 1.82) is 0 Å². The van der Waals surface area contributed by atoms with Crippen LogP contribution in [0.2, 0.25) is 0 Å². The fourth-order valence-electron chi connectivity index (χ4n) is 1.99. The summed E-state index contributed by atoms with van der Waals surface area (Å²) in [6.07, 6.45) is 2.21. The van der Waals surface area contributed by atoms with Crippen LogP contribution in [0.4, 0.5) is 0 Å². The molecular formula is C9H17NO2. The van der Waals surface area contributed by atoms with Gasteiger partial charge in [0.05, 0.1) is 13.2 Å². The number of ether oxygens (including phenoxy) is 2. The van der Waals surface area contributed by atoms with Gasteiger partial charge in [0.25, 0.3) is 0 Å². The molecule has 0 aromatic heterocycles. The Morgan fingerprint density at radius 3 is 2.67 bits per heavy atom. The van der Waals surface area contributed by atoms with Crippen molar-refractivity contribution in [2.75, 3.05) is 26.3 Å². The molecule has 0 amide bonds. The van der Waals surface area contributed by atoms with Crippen molar-refractivity contribution < 1.29 is 9.47 Å². The van der Waals surface area contributed by atoms with Gasteiger partial charge in [0.15, 0.2) is 5.79 Å². The Balaban J connectivity index is 1.97. The van der Waals surface area contributed by atoms with Gasteiger partial charge in [0, 0.05) is 12.5 Å². The fourth-order valence-corrected chi connectivity index (χ4v) is 1.99. The second-order valence-electron chi connectivity index (χ2n) is 3.76. The van der Waals surface area contributed by atoms with Gasteiger partial charge in [0.2, 0.25) is 0 Å². The SMILES string of the molecule is CC1(C2CCNC2)OCCCO1. The molecule has 70 valence electrons. The minimum Gasteiger partial charge on any atom is -0.350 e. The monoisotopic (exact) mass is 171 g/mol. The Bertz CT molecular complexity index is 149. The molecule has 0 radical (unpaired) electrons. The molecule has 1 unspecified atom stereocenters. The van der Waals surface area contributed by atoms with E-state index in [1.54, 1.807) is 0 Å². The highest BCUT2D eigenvalue weighted by Gasteiger charge is 2.39.